The molecular formula is C14H24N2O2. The first kappa shape index (κ1) is 12.4. The third-order valence-electron chi connectivity index (χ3n) is 5.07. The lowest BCUT2D eigenvalue weighted by Gasteiger charge is -2.43. The maximum atomic E-state index is 12.8. The number of fused-ring (bicyclic) bond motifs is 1. The molecule has 0 aromatic carbocycles. The fourth-order valence-electron chi connectivity index (χ4n) is 3.94. The number of nitrogens with two attached hydrogens (primary N) is 1. The molecule has 18 heavy (non-hydrogen) atoms. The fraction of sp³-hybridized carbons (Fsp3) is 0.929. The van der Waals surface area contributed by atoms with E-state index in [4.69, 9.17) is 10.5 Å². The van der Waals surface area contributed by atoms with Crippen LogP contribution in [0.25, 0.3) is 0 Å². The van der Waals surface area contributed by atoms with Gasteiger partial charge in [0, 0.05) is 25.8 Å². The van der Waals surface area contributed by atoms with Crippen molar-refractivity contribution in [3.05, 3.63) is 0 Å². The second-order valence-corrected chi connectivity index (χ2v) is 6.17. The lowest BCUT2D eigenvalue weighted by molar-refractivity contribution is -0.145. The molecular weight excluding hydrogens is 228 g/mol. The topological polar surface area (TPSA) is 55.6 Å². The highest BCUT2D eigenvalue weighted by atomic mass is 16.5. The van der Waals surface area contributed by atoms with Gasteiger partial charge >= 0.3 is 0 Å². The Morgan fingerprint density at radius 3 is 2.67 bits per heavy atom. The van der Waals surface area contributed by atoms with Gasteiger partial charge in [0.05, 0.1) is 5.54 Å². The number of nitrogens with zero attached hydrogens (tertiary/aromatic N) is 1. The van der Waals surface area contributed by atoms with E-state index >= 15 is 0 Å². The van der Waals surface area contributed by atoms with Crippen molar-refractivity contribution in [2.24, 2.45) is 11.7 Å². The van der Waals surface area contributed by atoms with Gasteiger partial charge in [0.2, 0.25) is 5.91 Å². The minimum Gasteiger partial charge on any atom is -0.381 e. The Labute approximate surface area is 109 Å². The van der Waals surface area contributed by atoms with Gasteiger partial charge in [-0.05, 0) is 44.4 Å². The fourth-order valence-corrected chi connectivity index (χ4v) is 3.94. The normalized spacial score (nSPS) is 35.3. The van der Waals surface area contributed by atoms with Crippen LogP contribution < -0.4 is 5.73 Å². The van der Waals surface area contributed by atoms with E-state index in [-0.39, 0.29) is 5.91 Å². The number of ether oxygens (including phenoxy) is 1. The third-order valence-corrected chi connectivity index (χ3v) is 5.07. The number of carbonyl (C=O) groups excluding carboxylic acids is 1. The summed E-state index contributed by atoms with van der Waals surface area (Å²) in [5, 5.41) is 0. The summed E-state index contributed by atoms with van der Waals surface area (Å²) in [6, 6.07) is 0.481. The molecule has 0 aromatic rings. The highest BCUT2D eigenvalue weighted by Crippen LogP contribution is 2.38. The standard InChI is InChI=1S/C14H24N2O2/c15-14(6-9-18-10-7-14)13(17)16-8-2-4-11-3-1-5-12(11)16/h11-12H,1-10,15H2. The van der Waals surface area contributed by atoms with Gasteiger partial charge in [0.25, 0.3) is 0 Å². The first-order chi connectivity index (χ1) is 8.71. The molecule has 0 spiro atoms. The van der Waals surface area contributed by atoms with Crippen LogP contribution in [0, 0.1) is 5.92 Å². The molecule has 2 unspecified atom stereocenters. The van der Waals surface area contributed by atoms with Gasteiger partial charge in [-0.1, -0.05) is 6.42 Å². The van der Waals surface area contributed by atoms with Crippen LogP contribution in [-0.2, 0) is 9.53 Å². The van der Waals surface area contributed by atoms with Crippen molar-refractivity contribution >= 4 is 5.91 Å². The predicted molar refractivity (Wildman–Crippen MR) is 69.0 cm³/mol. The first-order valence-corrected chi connectivity index (χ1v) is 7.38. The maximum absolute atomic E-state index is 12.8. The zero-order valence-electron chi connectivity index (χ0n) is 11.1. The molecule has 0 aromatic heterocycles. The van der Waals surface area contributed by atoms with E-state index in [1.54, 1.807) is 0 Å². The summed E-state index contributed by atoms with van der Waals surface area (Å²) in [7, 11) is 0. The summed E-state index contributed by atoms with van der Waals surface area (Å²) >= 11 is 0. The summed E-state index contributed by atoms with van der Waals surface area (Å²) in [5.41, 5.74) is 5.69. The van der Waals surface area contributed by atoms with Crippen LogP contribution in [0.4, 0.5) is 0 Å². The number of amides is 1. The number of hydrogen-bond acceptors (Lipinski definition) is 3. The average molecular weight is 252 g/mol. The Morgan fingerprint density at radius 1 is 1.17 bits per heavy atom. The quantitative estimate of drug-likeness (QED) is 0.765. The maximum Gasteiger partial charge on any atom is 0.243 e. The molecule has 102 valence electrons. The zero-order valence-corrected chi connectivity index (χ0v) is 11.1. The number of likely N-dealkylation sites (tertiary alicyclic amines) is 1. The number of rotatable bonds is 1. The Hall–Kier alpha value is -0.610. The summed E-state index contributed by atoms with van der Waals surface area (Å²) in [6.45, 7) is 2.17. The van der Waals surface area contributed by atoms with Crippen LogP contribution >= 0.6 is 0 Å². The van der Waals surface area contributed by atoms with E-state index in [1.807, 2.05) is 0 Å². The number of hydrogen-bond donors (Lipinski definition) is 1. The largest absolute Gasteiger partial charge is 0.381 e. The molecule has 2 N–H and O–H groups in total. The highest BCUT2D eigenvalue weighted by molar-refractivity contribution is 5.86. The van der Waals surface area contributed by atoms with E-state index < -0.39 is 5.54 Å². The molecule has 1 saturated carbocycles. The molecule has 3 fully saturated rings. The van der Waals surface area contributed by atoms with Crippen LogP contribution in [0.2, 0.25) is 0 Å². The Morgan fingerprint density at radius 2 is 1.89 bits per heavy atom. The van der Waals surface area contributed by atoms with Gasteiger partial charge in [0.1, 0.15) is 0 Å². The molecule has 2 atom stereocenters. The molecule has 0 radical (unpaired) electrons. The number of carbonyl (C=O) groups is 1. The van der Waals surface area contributed by atoms with Crippen LogP contribution in [0.1, 0.15) is 44.9 Å². The highest BCUT2D eigenvalue weighted by Gasteiger charge is 2.44. The van der Waals surface area contributed by atoms with Gasteiger partial charge in [-0.25, -0.2) is 0 Å². The van der Waals surface area contributed by atoms with Gasteiger partial charge in [0.15, 0.2) is 0 Å². The van der Waals surface area contributed by atoms with Crippen LogP contribution in [0.15, 0.2) is 0 Å². The summed E-state index contributed by atoms with van der Waals surface area (Å²) in [6.07, 6.45) is 7.58. The molecule has 3 aliphatic rings. The molecule has 1 aliphatic carbocycles. The van der Waals surface area contributed by atoms with E-state index in [0.29, 0.717) is 32.1 Å². The second kappa shape index (κ2) is 4.82. The molecule has 1 amide bonds. The van der Waals surface area contributed by atoms with Crippen molar-refractivity contribution in [2.45, 2.75) is 56.5 Å². The number of piperidine rings is 1. The van der Waals surface area contributed by atoms with Crippen molar-refractivity contribution in [3.63, 3.8) is 0 Å². The van der Waals surface area contributed by atoms with Gasteiger partial charge in [-0.2, -0.15) is 0 Å². The first-order valence-electron chi connectivity index (χ1n) is 7.38. The Balaban J connectivity index is 1.74. The smallest absolute Gasteiger partial charge is 0.243 e. The zero-order chi connectivity index (χ0) is 12.6. The molecule has 2 heterocycles. The van der Waals surface area contributed by atoms with E-state index in [1.165, 1.54) is 25.7 Å². The molecule has 2 aliphatic heterocycles. The molecule has 0 bridgehead atoms. The molecule has 2 saturated heterocycles. The molecule has 3 rings (SSSR count). The summed E-state index contributed by atoms with van der Waals surface area (Å²) in [5.74, 6) is 0.938. The SMILES string of the molecule is NC1(C(=O)N2CCCC3CCCC32)CCOCC1. The minimum absolute atomic E-state index is 0.197. The summed E-state index contributed by atoms with van der Waals surface area (Å²) < 4.78 is 5.34. The lowest BCUT2D eigenvalue weighted by Crippen LogP contribution is -2.61. The van der Waals surface area contributed by atoms with Crippen molar-refractivity contribution in [2.75, 3.05) is 19.8 Å². The lowest BCUT2D eigenvalue weighted by atomic mass is 9.85. The Kier molecular flexibility index (Phi) is 3.32. The van der Waals surface area contributed by atoms with Crippen molar-refractivity contribution < 1.29 is 9.53 Å². The van der Waals surface area contributed by atoms with Gasteiger partial charge in [-0.15, -0.1) is 0 Å². The predicted octanol–water partition coefficient (Wildman–Crippen LogP) is 1.29. The monoisotopic (exact) mass is 252 g/mol. The van der Waals surface area contributed by atoms with E-state index in [2.05, 4.69) is 4.90 Å². The van der Waals surface area contributed by atoms with Crippen LogP contribution in [0.5, 0.6) is 0 Å². The van der Waals surface area contributed by atoms with Crippen molar-refractivity contribution in [1.82, 2.24) is 4.90 Å². The second-order valence-electron chi connectivity index (χ2n) is 6.17. The van der Waals surface area contributed by atoms with Crippen molar-refractivity contribution in [3.8, 4) is 0 Å². The van der Waals surface area contributed by atoms with Crippen LogP contribution in [0.3, 0.4) is 0 Å². The van der Waals surface area contributed by atoms with Gasteiger partial charge in [-0.3, -0.25) is 4.79 Å². The third kappa shape index (κ3) is 2.05. The van der Waals surface area contributed by atoms with E-state index in [0.717, 1.165) is 18.9 Å². The van der Waals surface area contributed by atoms with Gasteiger partial charge < -0.3 is 15.4 Å². The average Bonchev–Trinajstić information content (AvgIpc) is 2.87. The molecule has 4 heteroatoms. The minimum atomic E-state index is -0.650. The van der Waals surface area contributed by atoms with Crippen molar-refractivity contribution in [1.29, 1.82) is 0 Å². The summed E-state index contributed by atoms with van der Waals surface area (Å²) in [4.78, 5) is 14.9. The Bertz CT molecular complexity index is 326. The van der Waals surface area contributed by atoms with E-state index in [9.17, 15) is 4.79 Å². The van der Waals surface area contributed by atoms with Crippen LogP contribution in [-0.4, -0.2) is 42.1 Å². The molecule has 4 nitrogen and oxygen atoms in total.